The number of thiol groups is 1. The van der Waals surface area contributed by atoms with Crippen LogP contribution in [0.15, 0.2) is 0 Å². The average Bonchev–Trinajstić information content (AvgIpc) is 2.89. The van der Waals surface area contributed by atoms with Crippen LogP contribution in [0.1, 0.15) is 78.6 Å². The second kappa shape index (κ2) is 6.43. The van der Waals surface area contributed by atoms with Crippen molar-refractivity contribution in [2.24, 2.45) is 40.9 Å². The molecule has 4 fully saturated rings. The van der Waals surface area contributed by atoms with E-state index in [0.717, 1.165) is 41.5 Å². The maximum Gasteiger partial charge on any atom is 0.0104 e. The zero-order valence-electron chi connectivity index (χ0n) is 17.3. The first-order valence-corrected chi connectivity index (χ1v) is 11.6. The van der Waals surface area contributed by atoms with Crippen molar-refractivity contribution in [2.75, 3.05) is 14.1 Å². The number of hydrogen-bond acceptors (Lipinski definition) is 2. The molecule has 0 aromatic heterocycles. The maximum absolute atomic E-state index is 4.98. The van der Waals surface area contributed by atoms with Gasteiger partial charge in [-0.25, -0.2) is 0 Å². The summed E-state index contributed by atoms with van der Waals surface area (Å²) in [6, 6.07) is 0.738. The molecule has 0 bridgehead atoms. The van der Waals surface area contributed by atoms with Gasteiger partial charge in [0.2, 0.25) is 0 Å². The van der Waals surface area contributed by atoms with Gasteiger partial charge in [-0.2, -0.15) is 12.6 Å². The minimum atomic E-state index is 0.316. The average molecular weight is 364 g/mol. The Bertz CT molecular complexity index is 500. The van der Waals surface area contributed by atoms with Gasteiger partial charge in [-0.15, -0.1) is 0 Å². The van der Waals surface area contributed by atoms with Crippen molar-refractivity contribution in [3.05, 3.63) is 0 Å². The Balaban J connectivity index is 1.53. The van der Waals surface area contributed by atoms with E-state index in [4.69, 9.17) is 12.6 Å². The van der Waals surface area contributed by atoms with E-state index >= 15 is 0 Å². The summed E-state index contributed by atoms with van der Waals surface area (Å²) in [5.41, 5.74) is 0.615. The molecule has 0 aromatic carbocycles. The minimum absolute atomic E-state index is 0.316. The molecule has 0 heterocycles. The number of nitrogens with zero attached hydrogens (tertiary/aromatic N) is 1. The predicted octanol–water partition coefficient (Wildman–Crippen LogP) is 5.89. The molecule has 4 aliphatic rings. The third kappa shape index (κ3) is 3.02. The molecule has 0 radical (unpaired) electrons. The smallest absolute Gasteiger partial charge is 0.0104 e. The number of fused-ring (bicyclic) bond motifs is 5. The molecule has 0 aliphatic heterocycles. The Morgan fingerprint density at radius 1 is 0.880 bits per heavy atom. The van der Waals surface area contributed by atoms with Gasteiger partial charge >= 0.3 is 0 Å². The first kappa shape index (κ1) is 18.7. The summed E-state index contributed by atoms with van der Waals surface area (Å²) in [4.78, 5) is 2.48. The van der Waals surface area contributed by atoms with Crippen LogP contribution in [0.5, 0.6) is 0 Å². The van der Waals surface area contributed by atoms with Crippen LogP contribution in [0.3, 0.4) is 0 Å². The van der Waals surface area contributed by atoms with Crippen molar-refractivity contribution < 1.29 is 0 Å². The summed E-state index contributed by atoms with van der Waals surface area (Å²) in [7, 11) is 4.57. The molecule has 0 N–H and O–H groups in total. The van der Waals surface area contributed by atoms with E-state index in [9.17, 15) is 0 Å². The molecule has 144 valence electrons. The van der Waals surface area contributed by atoms with E-state index in [1.54, 1.807) is 0 Å². The van der Waals surface area contributed by atoms with Crippen molar-refractivity contribution in [2.45, 2.75) is 89.3 Å². The van der Waals surface area contributed by atoms with Crippen molar-refractivity contribution in [3.63, 3.8) is 0 Å². The molecule has 6 unspecified atom stereocenters. The van der Waals surface area contributed by atoms with Gasteiger partial charge in [0, 0.05) is 10.8 Å². The second-order valence-corrected chi connectivity index (χ2v) is 12.2. The van der Waals surface area contributed by atoms with Gasteiger partial charge in [-0.1, -0.05) is 13.8 Å². The van der Waals surface area contributed by atoms with Crippen LogP contribution in [-0.4, -0.2) is 29.8 Å². The molecule has 0 amide bonds. The summed E-state index contributed by atoms with van der Waals surface area (Å²) in [5.74, 6) is 6.05. The first-order valence-electron chi connectivity index (χ1n) is 11.1. The highest BCUT2D eigenvalue weighted by Gasteiger charge is 2.58. The van der Waals surface area contributed by atoms with Crippen LogP contribution in [-0.2, 0) is 0 Å². The van der Waals surface area contributed by atoms with Gasteiger partial charge in [0.25, 0.3) is 0 Å². The molecule has 1 nitrogen and oxygen atoms in total. The summed E-state index contributed by atoms with van der Waals surface area (Å²) in [5, 5.41) is 0. The molecular formula is C23H41NS. The van der Waals surface area contributed by atoms with Gasteiger partial charge in [-0.05, 0) is 120 Å². The summed E-state index contributed by atoms with van der Waals surface area (Å²) < 4.78 is 0.316. The molecule has 0 aromatic rings. The second-order valence-electron chi connectivity index (χ2n) is 11.1. The van der Waals surface area contributed by atoms with Crippen molar-refractivity contribution >= 4 is 12.6 Å². The number of rotatable bonds is 2. The fourth-order valence-corrected chi connectivity index (χ4v) is 8.64. The Labute approximate surface area is 162 Å². The Hall–Kier alpha value is 0.310. The van der Waals surface area contributed by atoms with E-state index < -0.39 is 0 Å². The van der Waals surface area contributed by atoms with Crippen LogP contribution >= 0.6 is 12.6 Å². The Morgan fingerprint density at radius 2 is 1.60 bits per heavy atom. The highest BCUT2D eigenvalue weighted by Crippen LogP contribution is 2.65. The van der Waals surface area contributed by atoms with Crippen LogP contribution in [0.25, 0.3) is 0 Å². The molecule has 25 heavy (non-hydrogen) atoms. The molecule has 4 aliphatic carbocycles. The summed E-state index contributed by atoms with van der Waals surface area (Å²) in [6.45, 7) is 7.56. The molecule has 0 saturated heterocycles. The zero-order valence-corrected chi connectivity index (χ0v) is 18.2. The quantitative estimate of drug-likeness (QED) is 0.598. The maximum atomic E-state index is 4.98. The van der Waals surface area contributed by atoms with E-state index in [0.29, 0.717) is 10.2 Å². The van der Waals surface area contributed by atoms with Crippen LogP contribution in [0.4, 0.5) is 0 Å². The van der Waals surface area contributed by atoms with E-state index in [1.807, 2.05) is 0 Å². The van der Waals surface area contributed by atoms with Gasteiger partial charge in [0.15, 0.2) is 0 Å². The third-order valence-electron chi connectivity index (χ3n) is 9.71. The number of hydrogen-bond donors (Lipinski definition) is 1. The van der Waals surface area contributed by atoms with Crippen LogP contribution < -0.4 is 0 Å². The van der Waals surface area contributed by atoms with Crippen LogP contribution in [0, 0.1) is 40.9 Å². The summed E-state index contributed by atoms with van der Waals surface area (Å²) in [6.07, 6.45) is 13.2. The van der Waals surface area contributed by atoms with E-state index in [1.165, 1.54) is 57.8 Å². The Kier molecular flexibility index (Phi) is 4.80. The van der Waals surface area contributed by atoms with Crippen molar-refractivity contribution in [1.82, 2.24) is 4.90 Å². The standard InChI is InChI=1S/C23H41NS/c1-15(24(4)5)20-8-9-21-19-7-6-16-14-22(2,25)12-10-17(16)18(19)11-13-23(20,21)3/h15-21,25H,6-14H2,1-5H3/t15-,16?,17?,18+,19?,20?,21?,22+,23?/m0/s1. The Morgan fingerprint density at radius 3 is 2.32 bits per heavy atom. The van der Waals surface area contributed by atoms with E-state index in [2.05, 4.69) is 39.8 Å². The zero-order chi connectivity index (χ0) is 18.0. The summed E-state index contributed by atoms with van der Waals surface area (Å²) >= 11 is 4.98. The first-order chi connectivity index (χ1) is 11.7. The minimum Gasteiger partial charge on any atom is -0.306 e. The lowest BCUT2D eigenvalue weighted by atomic mass is 9.49. The van der Waals surface area contributed by atoms with Gasteiger partial charge < -0.3 is 4.90 Å². The molecule has 2 heteroatoms. The topological polar surface area (TPSA) is 3.24 Å². The lowest BCUT2D eigenvalue weighted by molar-refractivity contribution is -0.0723. The largest absolute Gasteiger partial charge is 0.306 e. The van der Waals surface area contributed by atoms with Gasteiger partial charge in [-0.3, -0.25) is 0 Å². The van der Waals surface area contributed by atoms with Gasteiger partial charge in [0.05, 0.1) is 0 Å². The molecule has 4 rings (SSSR count). The van der Waals surface area contributed by atoms with Crippen molar-refractivity contribution in [3.8, 4) is 0 Å². The molecule has 9 atom stereocenters. The molecule has 0 spiro atoms. The highest BCUT2D eigenvalue weighted by atomic mass is 32.1. The monoisotopic (exact) mass is 363 g/mol. The highest BCUT2D eigenvalue weighted by molar-refractivity contribution is 7.81. The molecule has 4 saturated carbocycles. The van der Waals surface area contributed by atoms with Crippen molar-refractivity contribution in [1.29, 1.82) is 0 Å². The SMILES string of the molecule is C[C@@H](C1CCC2C3CCC4C[C@](C)(S)CCC4[C@H]3CCC21C)N(C)C. The van der Waals surface area contributed by atoms with E-state index in [-0.39, 0.29) is 0 Å². The normalized spacial score (nSPS) is 53.9. The fourth-order valence-electron chi connectivity index (χ4n) is 8.27. The van der Waals surface area contributed by atoms with Gasteiger partial charge in [0.1, 0.15) is 0 Å². The molecular weight excluding hydrogens is 322 g/mol. The third-order valence-corrected chi connectivity index (χ3v) is 10.1. The fraction of sp³-hybridized carbons (Fsp3) is 1.00. The lowest BCUT2D eigenvalue weighted by Crippen LogP contribution is -2.51. The predicted molar refractivity (Wildman–Crippen MR) is 111 cm³/mol. The van der Waals surface area contributed by atoms with Crippen LogP contribution in [0.2, 0.25) is 0 Å². The lowest BCUT2D eigenvalue weighted by Gasteiger charge is -2.57.